The molecule has 1 aromatic rings. The van der Waals surface area contributed by atoms with Crippen LogP contribution in [0.1, 0.15) is 0 Å². The van der Waals surface area contributed by atoms with Crippen molar-refractivity contribution in [2.75, 3.05) is 0 Å². The zero-order chi connectivity index (χ0) is 9.30. The molecule has 3 nitrogen and oxygen atoms in total. The standard InChI is InChI=1S/C6H2BrFINO2/c7-3-1-2-4(9)6(5(3)8)10(11)12/h1-2H. The highest BCUT2D eigenvalue weighted by atomic mass is 127. The van der Waals surface area contributed by atoms with Gasteiger partial charge in [0.2, 0.25) is 5.82 Å². The van der Waals surface area contributed by atoms with Gasteiger partial charge in [0.15, 0.2) is 0 Å². The van der Waals surface area contributed by atoms with Crippen molar-refractivity contribution in [3.8, 4) is 0 Å². The fourth-order valence-electron chi connectivity index (χ4n) is 0.684. The Morgan fingerprint density at radius 2 is 2.17 bits per heavy atom. The third-order valence-electron chi connectivity index (χ3n) is 1.20. The Bertz CT molecular complexity index is 345. The molecule has 0 saturated carbocycles. The van der Waals surface area contributed by atoms with Crippen LogP contribution in [0.2, 0.25) is 0 Å². The molecule has 0 N–H and O–H groups in total. The summed E-state index contributed by atoms with van der Waals surface area (Å²) in [4.78, 5) is 9.60. The highest BCUT2D eigenvalue weighted by molar-refractivity contribution is 14.1. The normalized spacial score (nSPS) is 9.92. The smallest absolute Gasteiger partial charge is 0.258 e. The van der Waals surface area contributed by atoms with Crippen LogP contribution in [0.15, 0.2) is 16.6 Å². The average molecular weight is 346 g/mol. The molecule has 0 aliphatic carbocycles. The molecule has 0 aliphatic rings. The number of nitrogens with zero attached hydrogens (tertiary/aromatic N) is 1. The van der Waals surface area contributed by atoms with Gasteiger partial charge in [-0.25, -0.2) is 0 Å². The summed E-state index contributed by atoms with van der Waals surface area (Å²) in [6.07, 6.45) is 0. The zero-order valence-electron chi connectivity index (χ0n) is 5.55. The first-order chi connectivity index (χ1) is 5.54. The van der Waals surface area contributed by atoms with Crippen molar-refractivity contribution in [3.63, 3.8) is 0 Å². The quantitative estimate of drug-likeness (QED) is 0.340. The van der Waals surface area contributed by atoms with Crippen molar-refractivity contribution in [1.29, 1.82) is 0 Å². The minimum atomic E-state index is -0.827. The maximum atomic E-state index is 13.0. The Kier molecular flexibility index (Phi) is 2.99. The third-order valence-corrected chi connectivity index (χ3v) is 2.69. The predicted molar refractivity (Wildman–Crippen MR) is 53.5 cm³/mol. The second-order valence-corrected chi connectivity index (χ2v) is 3.97. The number of nitro benzene ring substituents is 1. The van der Waals surface area contributed by atoms with Gasteiger partial charge in [-0.2, -0.15) is 4.39 Å². The van der Waals surface area contributed by atoms with Crippen LogP contribution in [0.4, 0.5) is 10.1 Å². The maximum absolute atomic E-state index is 13.0. The number of hydrogen-bond donors (Lipinski definition) is 0. The van der Waals surface area contributed by atoms with Crippen LogP contribution in [-0.4, -0.2) is 4.92 Å². The number of nitro groups is 1. The summed E-state index contributed by atoms with van der Waals surface area (Å²) in [5.41, 5.74) is -0.482. The molecule has 6 heteroatoms. The van der Waals surface area contributed by atoms with Crippen LogP contribution in [-0.2, 0) is 0 Å². The minimum absolute atomic E-state index is 0.106. The molecule has 0 amide bonds. The molecule has 0 unspecified atom stereocenters. The minimum Gasteiger partial charge on any atom is -0.258 e. The van der Waals surface area contributed by atoms with Crippen LogP contribution < -0.4 is 0 Å². The average Bonchev–Trinajstić information content (AvgIpc) is 1.97. The highest BCUT2D eigenvalue weighted by Gasteiger charge is 2.20. The molecular formula is C6H2BrFINO2. The van der Waals surface area contributed by atoms with Gasteiger partial charge in [-0.3, -0.25) is 10.1 Å². The Morgan fingerprint density at radius 1 is 1.58 bits per heavy atom. The van der Waals surface area contributed by atoms with Crippen LogP contribution in [0, 0.1) is 19.5 Å². The van der Waals surface area contributed by atoms with E-state index in [1.165, 1.54) is 12.1 Å². The van der Waals surface area contributed by atoms with E-state index in [4.69, 9.17) is 0 Å². The van der Waals surface area contributed by atoms with Crippen LogP contribution in [0.25, 0.3) is 0 Å². The molecule has 0 fully saturated rings. The van der Waals surface area contributed by atoms with Crippen molar-refractivity contribution in [3.05, 3.63) is 36.1 Å². The van der Waals surface area contributed by atoms with Gasteiger partial charge in [-0.05, 0) is 50.7 Å². The molecule has 0 spiro atoms. The Balaban J connectivity index is 3.43. The number of benzene rings is 1. The summed E-state index contributed by atoms with van der Waals surface area (Å²) < 4.78 is 13.4. The molecule has 0 bridgehead atoms. The molecular weight excluding hydrogens is 344 g/mol. The molecule has 0 atom stereocenters. The molecule has 1 rings (SSSR count). The number of halogens is 3. The van der Waals surface area contributed by atoms with Crippen LogP contribution in [0.3, 0.4) is 0 Å². The van der Waals surface area contributed by atoms with Crippen LogP contribution >= 0.6 is 38.5 Å². The Labute approximate surface area is 89.4 Å². The van der Waals surface area contributed by atoms with E-state index in [2.05, 4.69) is 15.9 Å². The Hall–Kier alpha value is -0.240. The molecule has 1 aromatic carbocycles. The van der Waals surface area contributed by atoms with Gasteiger partial charge in [-0.15, -0.1) is 0 Å². The topological polar surface area (TPSA) is 43.1 Å². The summed E-state index contributed by atoms with van der Waals surface area (Å²) in [5, 5.41) is 10.3. The van der Waals surface area contributed by atoms with Gasteiger partial charge >= 0.3 is 5.69 Å². The molecule has 0 radical (unpaired) electrons. The first-order valence-corrected chi connectivity index (χ1v) is 4.69. The summed E-state index contributed by atoms with van der Waals surface area (Å²) in [6.45, 7) is 0. The maximum Gasteiger partial charge on any atom is 0.319 e. The predicted octanol–water partition coefficient (Wildman–Crippen LogP) is 3.10. The summed E-state index contributed by atoms with van der Waals surface area (Å²) in [6, 6.07) is 2.91. The molecule has 0 aromatic heterocycles. The molecule has 0 saturated heterocycles. The van der Waals surface area contributed by atoms with E-state index in [0.717, 1.165) is 0 Å². The van der Waals surface area contributed by atoms with Gasteiger partial charge in [0, 0.05) is 0 Å². The van der Waals surface area contributed by atoms with Gasteiger partial charge < -0.3 is 0 Å². The summed E-state index contributed by atoms with van der Waals surface area (Å²) in [5.74, 6) is -0.827. The van der Waals surface area contributed by atoms with E-state index in [1.54, 1.807) is 22.6 Å². The second-order valence-electron chi connectivity index (χ2n) is 1.95. The lowest BCUT2D eigenvalue weighted by Gasteiger charge is -1.97. The van der Waals surface area contributed by atoms with Gasteiger partial charge in [-0.1, -0.05) is 0 Å². The lowest BCUT2D eigenvalue weighted by molar-refractivity contribution is -0.388. The lowest BCUT2D eigenvalue weighted by Crippen LogP contribution is -1.96. The largest absolute Gasteiger partial charge is 0.319 e. The molecule has 0 heterocycles. The van der Waals surface area contributed by atoms with Crippen LogP contribution in [0.5, 0.6) is 0 Å². The first kappa shape index (κ1) is 9.85. The monoisotopic (exact) mass is 345 g/mol. The fraction of sp³-hybridized carbons (Fsp3) is 0. The van der Waals surface area contributed by atoms with Crippen molar-refractivity contribution >= 4 is 44.2 Å². The second kappa shape index (κ2) is 3.65. The first-order valence-electron chi connectivity index (χ1n) is 2.82. The summed E-state index contributed by atoms with van der Waals surface area (Å²) in [7, 11) is 0. The van der Waals surface area contributed by atoms with Crippen molar-refractivity contribution < 1.29 is 9.31 Å². The van der Waals surface area contributed by atoms with Crippen molar-refractivity contribution in [2.45, 2.75) is 0 Å². The van der Waals surface area contributed by atoms with E-state index in [-0.39, 0.29) is 4.47 Å². The third kappa shape index (κ3) is 1.74. The molecule has 12 heavy (non-hydrogen) atoms. The Morgan fingerprint density at radius 3 is 2.58 bits per heavy atom. The van der Waals surface area contributed by atoms with E-state index < -0.39 is 16.4 Å². The van der Waals surface area contributed by atoms with E-state index in [1.807, 2.05) is 0 Å². The van der Waals surface area contributed by atoms with Crippen molar-refractivity contribution in [1.82, 2.24) is 0 Å². The summed E-state index contributed by atoms with van der Waals surface area (Å²) >= 11 is 4.58. The number of hydrogen-bond acceptors (Lipinski definition) is 2. The van der Waals surface area contributed by atoms with E-state index >= 15 is 0 Å². The fourth-order valence-corrected chi connectivity index (χ4v) is 1.62. The molecule has 64 valence electrons. The van der Waals surface area contributed by atoms with E-state index in [0.29, 0.717) is 3.57 Å². The van der Waals surface area contributed by atoms with Crippen molar-refractivity contribution in [2.24, 2.45) is 0 Å². The van der Waals surface area contributed by atoms with Gasteiger partial charge in [0.25, 0.3) is 0 Å². The number of rotatable bonds is 1. The van der Waals surface area contributed by atoms with E-state index in [9.17, 15) is 14.5 Å². The SMILES string of the molecule is O=[N+]([O-])c1c(I)ccc(Br)c1F. The molecule has 0 aliphatic heterocycles. The lowest BCUT2D eigenvalue weighted by atomic mass is 10.3. The zero-order valence-corrected chi connectivity index (χ0v) is 9.30. The van der Waals surface area contributed by atoms with Gasteiger partial charge in [0.1, 0.15) is 0 Å². The highest BCUT2D eigenvalue weighted by Crippen LogP contribution is 2.29. The van der Waals surface area contributed by atoms with Gasteiger partial charge in [0.05, 0.1) is 13.0 Å².